The number of anilines is 1. The molecule has 1 N–H and O–H groups in total. The standard InChI is InChI=1S/C16H20N4O/c1-4-14(12-7-5-9-18-11-12)20(3)16(21)13-8-6-10-19-15(13)17-2/h5-11,14H,4H2,1-3H3,(H,17,19). The van der Waals surface area contributed by atoms with Crippen molar-refractivity contribution in [3.8, 4) is 0 Å². The lowest BCUT2D eigenvalue weighted by Crippen LogP contribution is -2.31. The number of nitrogens with one attached hydrogen (secondary N) is 1. The highest BCUT2D eigenvalue weighted by atomic mass is 16.2. The molecule has 0 saturated heterocycles. The molecule has 0 aliphatic carbocycles. The molecule has 2 heterocycles. The number of amides is 1. The largest absolute Gasteiger partial charge is 0.372 e. The van der Waals surface area contributed by atoms with Crippen LogP contribution >= 0.6 is 0 Å². The smallest absolute Gasteiger partial charge is 0.257 e. The number of nitrogens with zero attached hydrogens (tertiary/aromatic N) is 3. The Morgan fingerprint density at radius 2 is 2.10 bits per heavy atom. The van der Waals surface area contributed by atoms with Gasteiger partial charge in [-0.05, 0) is 30.2 Å². The highest BCUT2D eigenvalue weighted by Gasteiger charge is 2.23. The summed E-state index contributed by atoms with van der Waals surface area (Å²) >= 11 is 0. The number of carbonyl (C=O) groups excluding carboxylic acids is 1. The van der Waals surface area contributed by atoms with E-state index in [1.165, 1.54) is 0 Å². The molecule has 110 valence electrons. The van der Waals surface area contributed by atoms with Gasteiger partial charge in [0, 0.05) is 32.7 Å². The molecule has 0 aliphatic rings. The molecule has 0 saturated carbocycles. The molecule has 0 spiro atoms. The van der Waals surface area contributed by atoms with Gasteiger partial charge in [0.25, 0.3) is 5.91 Å². The zero-order valence-electron chi connectivity index (χ0n) is 12.6. The number of pyridine rings is 2. The van der Waals surface area contributed by atoms with Crippen LogP contribution in [0.2, 0.25) is 0 Å². The molecular weight excluding hydrogens is 264 g/mol. The zero-order valence-corrected chi connectivity index (χ0v) is 12.6. The predicted molar refractivity (Wildman–Crippen MR) is 83.1 cm³/mol. The molecule has 0 aliphatic heterocycles. The summed E-state index contributed by atoms with van der Waals surface area (Å²) in [6.45, 7) is 2.06. The summed E-state index contributed by atoms with van der Waals surface area (Å²) in [5, 5.41) is 2.96. The summed E-state index contributed by atoms with van der Waals surface area (Å²) < 4.78 is 0. The van der Waals surface area contributed by atoms with E-state index in [0.717, 1.165) is 12.0 Å². The van der Waals surface area contributed by atoms with Gasteiger partial charge < -0.3 is 10.2 Å². The van der Waals surface area contributed by atoms with Crippen LogP contribution in [0.4, 0.5) is 5.82 Å². The molecule has 5 heteroatoms. The number of hydrogen-bond donors (Lipinski definition) is 1. The normalized spacial score (nSPS) is 11.8. The summed E-state index contributed by atoms with van der Waals surface area (Å²) in [7, 11) is 3.58. The Labute approximate surface area is 125 Å². The average molecular weight is 284 g/mol. The zero-order chi connectivity index (χ0) is 15.2. The van der Waals surface area contributed by atoms with E-state index in [-0.39, 0.29) is 11.9 Å². The van der Waals surface area contributed by atoms with Gasteiger partial charge in [0.2, 0.25) is 0 Å². The average Bonchev–Trinajstić information content (AvgIpc) is 2.55. The molecule has 0 radical (unpaired) electrons. The molecule has 5 nitrogen and oxygen atoms in total. The Morgan fingerprint density at radius 3 is 2.71 bits per heavy atom. The van der Waals surface area contributed by atoms with Crippen LogP contribution in [-0.2, 0) is 0 Å². The fraction of sp³-hybridized carbons (Fsp3) is 0.312. The summed E-state index contributed by atoms with van der Waals surface area (Å²) in [5.41, 5.74) is 1.61. The third kappa shape index (κ3) is 3.18. The monoisotopic (exact) mass is 284 g/mol. The third-order valence-electron chi connectivity index (χ3n) is 3.52. The van der Waals surface area contributed by atoms with Crippen molar-refractivity contribution >= 4 is 11.7 Å². The van der Waals surface area contributed by atoms with Crippen molar-refractivity contribution in [3.05, 3.63) is 54.0 Å². The number of carbonyl (C=O) groups is 1. The second-order valence-corrected chi connectivity index (χ2v) is 4.78. The molecule has 2 rings (SSSR count). The van der Waals surface area contributed by atoms with Crippen LogP contribution in [0, 0.1) is 0 Å². The minimum atomic E-state index is -0.0526. The summed E-state index contributed by atoms with van der Waals surface area (Å²) in [6.07, 6.45) is 6.03. The molecule has 1 amide bonds. The molecule has 0 bridgehead atoms. The van der Waals surface area contributed by atoms with Gasteiger partial charge in [-0.3, -0.25) is 9.78 Å². The van der Waals surface area contributed by atoms with E-state index in [0.29, 0.717) is 11.4 Å². The van der Waals surface area contributed by atoms with E-state index in [1.807, 2.05) is 19.2 Å². The maximum atomic E-state index is 12.7. The highest BCUT2D eigenvalue weighted by molar-refractivity contribution is 5.98. The van der Waals surface area contributed by atoms with Crippen molar-refractivity contribution in [3.63, 3.8) is 0 Å². The SMILES string of the molecule is CCC(c1cccnc1)N(C)C(=O)c1cccnc1NC. The van der Waals surface area contributed by atoms with Gasteiger partial charge in [-0.2, -0.15) is 0 Å². The lowest BCUT2D eigenvalue weighted by atomic mass is 10.0. The Kier molecular flexibility index (Phi) is 4.87. The molecule has 0 fully saturated rings. The minimum Gasteiger partial charge on any atom is -0.372 e. The van der Waals surface area contributed by atoms with E-state index >= 15 is 0 Å². The summed E-state index contributed by atoms with van der Waals surface area (Å²) in [4.78, 5) is 22.8. The second-order valence-electron chi connectivity index (χ2n) is 4.78. The molecule has 1 unspecified atom stereocenters. The van der Waals surface area contributed by atoms with Crippen molar-refractivity contribution in [2.45, 2.75) is 19.4 Å². The number of hydrogen-bond acceptors (Lipinski definition) is 4. The molecular formula is C16H20N4O. The van der Waals surface area contributed by atoms with E-state index in [4.69, 9.17) is 0 Å². The van der Waals surface area contributed by atoms with Crippen LogP contribution in [0.15, 0.2) is 42.9 Å². The fourth-order valence-electron chi connectivity index (χ4n) is 2.41. The van der Waals surface area contributed by atoms with Crippen LogP contribution in [0.1, 0.15) is 35.3 Å². The molecule has 0 aromatic carbocycles. The van der Waals surface area contributed by atoms with Crippen LogP contribution in [0.5, 0.6) is 0 Å². The van der Waals surface area contributed by atoms with Crippen molar-refractivity contribution in [1.29, 1.82) is 0 Å². The fourth-order valence-corrected chi connectivity index (χ4v) is 2.41. The van der Waals surface area contributed by atoms with E-state index in [2.05, 4.69) is 22.2 Å². The van der Waals surface area contributed by atoms with Gasteiger partial charge >= 0.3 is 0 Å². The van der Waals surface area contributed by atoms with Crippen LogP contribution in [0.3, 0.4) is 0 Å². The maximum Gasteiger partial charge on any atom is 0.257 e. The summed E-state index contributed by atoms with van der Waals surface area (Å²) in [5.74, 6) is 0.540. The van der Waals surface area contributed by atoms with E-state index in [9.17, 15) is 4.79 Å². The van der Waals surface area contributed by atoms with Crippen LogP contribution in [0.25, 0.3) is 0 Å². The number of aromatic nitrogens is 2. The Hall–Kier alpha value is -2.43. The Bertz CT molecular complexity index is 600. The molecule has 2 aromatic heterocycles. The third-order valence-corrected chi connectivity index (χ3v) is 3.52. The van der Waals surface area contributed by atoms with E-state index in [1.54, 1.807) is 42.7 Å². The first-order chi connectivity index (χ1) is 10.2. The van der Waals surface area contributed by atoms with Gasteiger partial charge in [0.1, 0.15) is 5.82 Å². The topological polar surface area (TPSA) is 58.1 Å². The van der Waals surface area contributed by atoms with Crippen molar-refractivity contribution < 1.29 is 4.79 Å². The van der Waals surface area contributed by atoms with Gasteiger partial charge in [0.15, 0.2) is 0 Å². The van der Waals surface area contributed by atoms with Gasteiger partial charge in [0.05, 0.1) is 11.6 Å². The van der Waals surface area contributed by atoms with Crippen molar-refractivity contribution in [1.82, 2.24) is 14.9 Å². The molecule has 1 atom stereocenters. The van der Waals surface area contributed by atoms with Crippen molar-refractivity contribution in [2.75, 3.05) is 19.4 Å². The van der Waals surface area contributed by atoms with Crippen LogP contribution in [-0.4, -0.2) is 34.9 Å². The van der Waals surface area contributed by atoms with Gasteiger partial charge in [-0.25, -0.2) is 4.98 Å². The Morgan fingerprint density at radius 1 is 1.33 bits per heavy atom. The summed E-state index contributed by atoms with van der Waals surface area (Å²) in [6, 6.07) is 7.43. The quantitative estimate of drug-likeness (QED) is 0.917. The van der Waals surface area contributed by atoms with E-state index < -0.39 is 0 Å². The first-order valence-electron chi connectivity index (χ1n) is 6.98. The highest BCUT2D eigenvalue weighted by Crippen LogP contribution is 2.25. The van der Waals surface area contributed by atoms with Crippen LogP contribution < -0.4 is 5.32 Å². The lowest BCUT2D eigenvalue weighted by molar-refractivity contribution is 0.0726. The first kappa shape index (κ1) is 15.0. The predicted octanol–water partition coefficient (Wildman–Crippen LogP) is 2.74. The minimum absolute atomic E-state index is 0.00360. The van der Waals surface area contributed by atoms with Crippen molar-refractivity contribution in [2.24, 2.45) is 0 Å². The van der Waals surface area contributed by atoms with Gasteiger partial charge in [-0.15, -0.1) is 0 Å². The van der Waals surface area contributed by atoms with Gasteiger partial charge in [-0.1, -0.05) is 13.0 Å². The lowest BCUT2D eigenvalue weighted by Gasteiger charge is -2.28. The first-order valence-corrected chi connectivity index (χ1v) is 6.98. The number of rotatable bonds is 5. The molecule has 2 aromatic rings. The second kappa shape index (κ2) is 6.83. The maximum absolute atomic E-state index is 12.7. The Balaban J connectivity index is 2.29. The molecule has 21 heavy (non-hydrogen) atoms.